The third kappa shape index (κ3) is 7.03. The Labute approximate surface area is 144 Å². The highest BCUT2D eigenvalue weighted by atomic mass is 32.2. The van der Waals surface area contributed by atoms with Gasteiger partial charge in [0.2, 0.25) is 0 Å². The summed E-state index contributed by atoms with van der Waals surface area (Å²) in [5, 5.41) is 0. The number of carbonyl (C=O) groups excluding carboxylic acids is 1. The zero-order valence-electron chi connectivity index (χ0n) is 13.9. The third-order valence-corrected chi connectivity index (χ3v) is 4.52. The summed E-state index contributed by atoms with van der Waals surface area (Å²) < 4.78 is 73.9. The number of benzene rings is 1. The monoisotopic (exact) mass is 382 g/mol. The number of hydrogen-bond donors (Lipinski definition) is 1. The van der Waals surface area contributed by atoms with Gasteiger partial charge in [-0.15, -0.1) is 0 Å². The molecule has 0 aliphatic heterocycles. The van der Waals surface area contributed by atoms with Gasteiger partial charge in [-0.3, -0.25) is 4.55 Å². The first-order valence-corrected chi connectivity index (χ1v) is 9.31. The van der Waals surface area contributed by atoms with Crippen molar-refractivity contribution in [1.82, 2.24) is 0 Å². The Balaban J connectivity index is 2.54. The lowest BCUT2D eigenvalue weighted by atomic mass is 9.98. The van der Waals surface area contributed by atoms with Crippen molar-refractivity contribution in [3.63, 3.8) is 0 Å². The van der Waals surface area contributed by atoms with Crippen LogP contribution in [0.5, 0.6) is 0 Å². The van der Waals surface area contributed by atoms with Gasteiger partial charge in [-0.1, -0.05) is 26.0 Å². The SMILES string of the molecule is CCC(C)c1ccc(C(=O)OCCC(F)C(F)(F)CS(=O)(=O)O)cc1. The van der Waals surface area contributed by atoms with E-state index in [9.17, 15) is 26.4 Å². The molecule has 1 aromatic carbocycles. The van der Waals surface area contributed by atoms with Crippen LogP contribution in [-0.4, -0.2) is 43.4 Å². The highest BCUT2D eigenvalue weighted by Crippen LogP contribution is 2.26. The molecule has 1 rings (SSSR count). The molecule has 142 valence electrons. The molecular formula is C16H21F3O5S. The molecule has 25 heavy (non-hydrogen) atoms. The summed E-state index contributed by atoms with van der Waals surface area (Å²) in [5.41, 5.74) is 1.24. The van der Waals surface area contributed by atoms with Crippen LogP contribution in [0.1, 0.15) is 48.5 Å². The van der Waals surface area contributed by atoms with Crippen LogP contribution in [0.15, 0.2) is 24.3 Å². The zero-order chi connectivity index (χ0) is 19.3. The van der Waals surface area contributed by atoms with Crippen molar-refractivity contribution in [1.29, 1.82) is 0 Å². The Morgan fingerprint density at radius 3 is 2.32 bits per heavy atom. The first kappa shape index (κ1) is 21.4. The first-order valence-electron chi connectivity index (χ1n) is 7.70. The summed E-state index contributed by atoms with van der Waals surface area (Å²) in [5.74, 6) is -6.76. The van der Waals surface area contributed by atoms with Gasteiger partial charge in [0.05, 0.1) is 12.2 Å². The normalized spacial score (nSPS) is 14.8. The summed E-state index contributed by atoms with van der Waals surface area (Å²) in [6.45, 7) is 3.41. The molecule has 9 heteroatoms. The molecule has 0 fully saturated rings. The van der Waals surface area contributed by atoms with Crippen LogP contribution in [0.25, 0.3) is 0 Å². The van der Waals surface area contributed by atoms with Crippen molar-refractivity contribution >= 4 is 16.1 Å². The van der Waals surface area contributed by atoms with E-state index in [2.05, 4.69) is 0 Å². The lowest BCUT2D eigenvalue weighted by Crippen LogP contribution is -2.38. The average molecular weight is 382 g/mol. The Bertz CT molecular complexity index is 674. The maximum atomic E-state index is 13.4. The van der Waals surface area contributed by atoms with E-state index in [1.54, 1.807) is 12.1 Å². The van der Waals surface area contributed by atoms with E-state index in [-0.39, 0.29) is 5.56 Å². The fourth-order valence-electron chi connectivity index (χ4n) is 2.07. The largest absolute Gasteiger partial charge is 0.462 e. The van der Waals surface area contributed by atoms with Gasteiger partial charge in [0.25, 0.3) is 16.0 Å². The second-order valence-electron chi connectivity index (χ2n) is 5.81. The van der Waals surface area contributed by atoms with Crippen molar-refractivity contribution < 1.29 is 35.7 Å². The van der Waals surface area contributed by atoms with Crippen LogP contribution in [0.4, 0.5) is 13.2 Å². The molecule has 0 aromatic heterocycles. The van der Waals surface area contributed by atoms with Crippen LogP contribution >= 0.6 is 0 Å². The second kappa shape index (κ2) is 8.66. The van der Waals surface area contributed by atoms with Crippen LogP contribution in [0.2, 0.25) is 0 Å². The standard InChI is InChI=1S/C16H21F3O5S/c1-3-11(2)12-4-6-13(7-5-12)15(20)24-9-8-14(17)16(18,19)10-25(21,22)23/h4-7,11,14H,3,8-10H2,1-2H3,(H,21,22,23). The number of halogens is 3. The van der Waals surface area contributed by atoms with Gasteiger partial charge >= 0.3 is 5.97 Å². The van der Waals surface area contributed by atoms with Crippen molar-refractivity contribution in [2.24, 2.45) is 0 Å². The zero-order valence-corrected chi connectivity index (χ0v) is 14.7. The predicted octanol–water partition coefficient (Wildman–Crippen LogP) is 3.61. The average Bonchev–Trinajstić information content (AvgIpc) is 2.51. The molecule has 0 bridgehead atoms. The highest BCUT2D eigenvalue weighted by molar-refractivity contribution is 7.85. The molecule has 5 nitrogen and oxygen atoms in total. The minimum atomic E-state index is -5.02. The number of carbonyl (C=O) groups is 1. The summed E-state index contributed by atoms with van der Waals surface area (Å²) >= 11 is 0. The Morgan fingerprint density at radius 1 is 1.28 bits per heavy atom. The fourth-order valence-corrected chi connectivity index (χ4v) is 2.73. The summed E-state index contributed by atoms with van der Waals surface area (Å²) in [6, 6.07) is 6.57. The molecule has 1 aromatic rings. The molecule has 0 spiro atoms. The van der Waals surface area contributed by atoms with Crippen LogP contribution in [0.3, 0.4) is 0 Å². The van der Waals surface area contributed by atoms with Gasteiger partial charge in [0.15, 0.2) is 6.17 Å². The topological polar surface area (TPSA) is 80.7 Å². The molecule has 0 amide bonds. The Kier molecular flexibility index (Phi) is 7.43. The minimum Gasteiger partial charge on any atom is -0.462 e. The van der Waals surface area contributed by atoms with E-state index in [0.717, 1.165) is 12.0 Å². The third-order valence-electron chi connectivity index (χ3n) is 3.77. The van der Waals surface area contributed by atoms with E-state index in [1.165, 1.54) is 12.1 Å². The van der Waals surface area contributed by atoms with Gasteiger partial charge in [0, 0.05) is 6.42 Å². The van der Waals surface area contributed by atoms with Crippen molar-refractivity contribution in [2.75, 3.05) is 12.4 Å². The number of alkyl halides is 3. The molecule has 1 N–H and O–H groups in total. The van der Waals surface area contributed by atoms with E-state index in [0.29, 0.717) is 5.92 Å². The van der Waals surface area contributed by atoms with E-state index in [1.807, 2.05) is 13.8 Å². The van der Waals surface area contributed by atoms with Crippen LogP contribution < -0.4 is 0 Å². The number of ether oxygens (including phenoxy) is 1. The number of esters is 1. The van der Waals surface area contributed by atoms with Gasteiger partial charge < -0.3 is 4.74 Å². The van der Waals surface area contributed by atoms with E-state index < -0.39 is 47.0 Å². The van der Waals surface area contributed by atoms with Gasteiger partial charge in [0.1, 0.15) is 5.75 Å². The van der Waals surface area contributed by atoms with Crippen molar-refractivity contribution in [3.8, 4) is 0 Å². The van der Waals surface area contributed by atoms with Crippen LogP contribution in [-0.2, 0) is 14.9 Å². The summed E-state index contributed by atoms with van der Waals surface area (Å²) in [6.07, 6.45) is -2.83. The Morgan fingerprint density at radius 2 is 1.84 bits per heavy atom. The van der Waals surface area contributed by atoms with E-state index in [4.69, 9.17) is 9.29 Å². The summed E-state index contributed by atoms with van der Waals surface area (Å²) in [4.78, 5) is 11.8. The molecule has 2 unspecified atom stereocenters. The van der Waals surface area contributed by atoms with Gasteiger partial charge in [-0.05, 0) is 30.0 Å². The molecule has 0 heterocycles. The smallest absolute Gasteiger partial charge is 0.338 e. The molecular weight excluding hydrogens is 361 g/mol. The van der Waals surface area contributed by atoms with E-state index >= 15 is 0 Å². The van der Waals surface area contributed by atoms with Crippen molar-refractivity contribution in [3.05, 3.63) is 35.4 Å². The molecule has 2 atom stereocenters. The maximum Gasteiger partial charge on any atom is 0.338 e. The van der Waals surface area contributed by atoms with Crippen molar-refractivity contribution in [2.45, 2.75) is 44.7 Å². The quantitative estimate of drug-likeness (QED) is 0.521. The molecule has 0 saturated heterocycles. The van der Waals surface area contributed by atoms with Crippen LogP contribution in [0, 0.1) is 0 Å². The highest BCUT2D eigenvalue weighted by Gasteiger charge is 2.43. The number of hydrogen-bond acceptors (Lipinski definition) is 4. The van der Waals surface area contributed by atoms with Gasteiger partial charge in [-0.2, -0.15) is 8.42 Å². The summed E-state index contributed by atoms with van der Waals surface area (Å²) in [7, 11) is -5.02. The molecule has 0 aliphatic carbocycles. The molecule has 0 radical (unpaired) electrons. The first-order chi connectivity index (χ1) is 11.5. The molecule has 0 aliphatic rings. The molecule has 0 saturated carbocycles. The fraction of sp³-hybridized carbons (Fsp3) is 0.562. The minimum absolute atomic E-state index is 0.201. The lowest BCUT2D eigenvalue weighted by Gasteiger charge is -2.19. The number of rotatable bonds is 9. The maximum absolute atomic E-state index is 13.4. The Hall–Kier alpha value is -1.61. The second-order valence-corrected chi connectivity index (χ2v) is 7.26. The van der Waals surface area contributed by atoms with Gasteiger partial charge in [-0.25, -0.2) is 18.0 Å². The lowest BCUT2D eigenvalue weighted by molar-refractivity contribution is -0.0614. The predicted molar refractivity (Wildman–Crippen MR) is 86.3 cm³/mol.